The minimum atomic E-state index is 0. The normalized spacial score (nSPS) is 17.4. The van der Waals surface area contributed by atoms with Gasteiger partial charge < -0.3 is 21.3 Å². The number of rotatable bonds is 6. The molecule has 1 aliphatic heterocycles. The summed E-state index contributed by atoms with van der Waals surface area (Å²) in [5.74, 6) is 0. The van der Waals surface area contributed by atoms with Crippen LogP contribution in [0.25, 0.3) is 0 Å². The van der Waals surface area contributed by atoms with Gasteiger partial charge in [0, 0.05) is 52.0 Å². The van der Waals surface area contributed by atoms with Crippen molar-refractivity contribution in [2.45, 2.75) is 39.9 Å². The molecule has 1 aliphatic rings. The van der Waals surface area contributed by atoms with E-state index in [0.29, 0.717) is 0 Å². The Balaban J connectivity index is 0.00000341. The predicted octanol–water partition coefficient (Wildman–Crippen LogP) is 2.37. The van der Waals surface area contributed by atoms with Gasteiger partial charge in [0.2, 0.25) is 0 Å². The minimum Gasteiger partial charge on any atom is -0.315 e. The van der Waals surface area contributed by atoms with Gasteiger partial charge in [-0.15, -0.1) is 0 Å². The SMILES string of the molecule is C.c1ccc(CNCc2ccc(CN3CCCNCCNCCCNCC3)cc2)nc1. The lowest BCUT2D eigenvalue weighted by Gasteiger charge is -2.23. The third-order valence-corrected chi connectivity index (χ3v) is 5.41. The molecule has 2 aromatic rings. The lowest BCUT2D eigenvalue weighted by molar-refractivity contribution is 0.260. The highest BCUT2D eigenvalue weighted by molar-refractivity contribution is 5.22. The number of pyridine rings is 1. The zero-order valence-electron chi connectivity index (χ0n) is 18.2. The predicted molar refractivity (Wildman–Crippen MR) is 131 cm³/mol. The fraction of sp³-hybridized carbons (Fsp3) is 0.560. The van der Waals surface area contributed by atoms with Crippen molar-refractivity contribution in [1.82, 2.24) is 31.2 Å². The van der Waals surface area contributed by atoms with Crippen LogP contribution < -0.4 is 21.3 Å². The second kappa shape index (κ2) is 15.9. The molecule has 4 N–H and O–H groups in total. The maximum absolute atomic E-state index is 4.36. The molecule has 31 heavy (non-hydrogen) atoms. The smallest absolute Gasteiger partial charge is 0.0541 e. The lowest BCUT2D eigenvalue weighted by Crippen LogP contribution is -2.36. The van der Waals surface area contributed by atoms with Crippen LogP contribution >= 0.6 is 0 Å². The van der Waals surface area contributed by atoms with Crippen molar-refractivity contribution < 1.29 is 0 Å². The minimum absolute atomic E-state index is 0. The average Bonchev–Trinajstić information content (AvgIpc) is 2.78. The second-order valence-corrected chi connectivity index (χ2v) is 7.97. The van der Waals surface area contributed by atoms with E-state index in [9.17, 15) is 0 Å². The van der Waals surface area contributed by atoms with E-state index in [1.807, 2.05) is 18.3 Å². The van der Waals surface area contributed by atoms with Crippen LogP contribution in [-0.4, -0.2) is 62.2 Å². The summed E-state index contributed by atoms with van der Waals surface area (Å²) in [7, 11) is 0. The molecule has 0 atom stereocenters. The molecule has 6 nitrogen and oxygen atoms in total. The first-order valence-electron chi connectivity index (χ1n) is 11.4. The van der Waals surface area contributed by atoms with E-state index in [-0.39, 0.29) is 7.43 Å². The molecule has 0 unspecified atom stereocenters. The Kier molecular flexibility index (Phi) is 13.0. The fourth-order valence-corrected chi connectivity index (χ4v) is 3.68. The summed E-state index contributed by atoms with van der Waals surface area (Å²) in [6, 6.07) is 15.1. The van der Waals surface area contributed by atoms with Crippen molar-refractivity contribution in [2.24, 2.45) is 0 Å². The molecule has 2 heterocycles. The number of hydrogen-bond donors (Lipinski definition) is 4. The first-order chi connectivity index (χ1) is 14.9. The zero-order valence-corrected chi connectivity index (χ0v) is 18.2. The van der Waals surface area contributed by atoms with Crippen molar-refractivity contribution in [3.8, 4) is 0 Å². The number of nitrogens with one attached hydrogen (secondary N) is 4. The molecule has 0 radical (unpaired) electrons. The molecule has 1 saturated heterocycles. The standard InChI is InChI=1S/C24H38N6.CH4/c1-2-13-29-24(5-1)20-28-19-22-6-8-23(9-7-22)21-30-17-4-12-26-15-14-25-10-3-11-27-16-18-30;/h1-2,5-9,13,25-28H,3-4,10-12,14-21H2;1H4. The summed E-state index contributed by atoms with van der Waals surface area (Å²) in [4.78, 5) is 6.93. The number of aromatic nitrogens is 1. The van der Waals surface area contributed by atoms with Crippen molar-refractivity contribution >= 4 is 0 Å². The van der Waals surface area contributed by atoms with Gasteiger partial charge in [0.15, 0.2) is 0 Å². The maximum atomic E-state index is 4.36. The highest BCUT2D eigenvalue weighted by Gasteiger charge is 2.07. The molecule has 0 aliphatic carbocycles. The van der Waals surface area contributed by atoms with E-state index in [1.165, 1.54) is 24.0 Å². The first kappa shape index (κ1) is 25.4. The molecule has 0 saturated carbocycles. The van der Waals surface area contributed by atoms with Crippen LogP contribution in [0, 0.1) is 0 Å². The van der Waals surface area contributed by atoms with Gasteiger partial charge in [0.05, 0.1) is 5.69 Å². The zero-order chi connectivity index (χ0) is 20.7. The van der Waals surface area contributed by atoms with Crippen LogP contribution in [-0.2, 0) is 19.6 Å². The second-order valence-electron chi connectivity index (χ2n) is 7.97. The average molecular weight is 427 g/mol. The Bertz CT molecular complexity index is 662. The molecule has 0 amide bonds. The highest BCUT2D eigenvalue weighted by atomic mass is 15.1. The van der Waals surface area contributed by atoms with Gasteiger partial charge >= 0.3 is 0 Å². The van der Waals surface area contributed by atoms with Crippen molar-refractivity contribution in [1.29, 1.82) is 0 Å². The number of hydrogen-bond acceptors (Lipinski definition) is 6. The highest BCUT2D eigenvalue weighted by Crippen LogP contribution is 2.08. The maximum Gasteiger partial charge on any atom is 0.0541 e. The van der Waals surface area contributed by atoms with Crippen molar-refractivity contribution in [2.75, 3.05) is 52.4 Å². The van der Waals surface area contributed by atoms with Gasteiger partial charge in [-0.2, -0.15) is 0 Å². The van der Waals surface area contributed by atoms with Crippen LogP contribution in [0.15, 0.2) is 48.7 Å². The molecule has 0 spiro atoms. The Morgan fingerprint density at radius 3 is 2.19 bits per heavy atom. The quantitative estimate of drug-likeness (QED) is 0.569. The van der Waals surface area contributed by atoms with Gasteiger partial charge in [0.25, 0.3) is 0 Å². The monoisotopic (exact) mass is 426 g/mol. The van der Waals surface area contributed by atoms with Gasteiger partial charge in [-0.25, -0.2) is 0 Å². The molecular formula is C25H42N6. The molecule has 1 aromatic carbocycles. The van der Waals surface area contributed by atoms with Gasteiger partial charge in [-0.1, -0.05) is 37.8 Å². The summed E-state index contributed by atoms with van der Waals surface area (Å²) in [6.45, 7) is 11.4. The topological polar surface area (TPSA) is 64.2 Å². The summed E-state index contributed by atoms with van der Waals surface area (Å²) < 4.78 is 0. The van der Waals surface area contributed by atoms with Crippen LogP contribution in [0.4, 0.5) is 0 Å². The van der Waals surface area contributed by atoms with Crippen LogP contribution in [0.3, 0.4) is 0 Å². The van der Waals surface area contributed by atoms with Crippen molar-refractivity contribution in [3.63, 3.8) is 0 Å². The first-order valence-corrected chi connectivity index (χ1v) is 11.4. The fourth-order valence-electron chi connectivity index (χ4n) is 3.68. The van der Waals surface area contributed by atoms with E-state index in [2.05, 4.69) is 61.5 Å². The van der Waals surface area contributed by atoms with Crippen LogP contribution in [0.2, 0.25) is 0 Å². The van der Waals surface area contributed by atoms with Gasteiger partial charge in [0.1, 0.15) is 0 Å². The van der Waals surface area contributed by atoms with Gasteiger partial charge in [-0.3, -0.25) is 9.88 Å². The Morgan fingerprint density at radius 2 is 1.45 bits per heavy atom. The summed E-state index contributed by atoms with van der Waals surface area (Å²) in [6.07, 6.45) is 4.22. The molecule has 0 bridgehead atoms. The van der Waals surface area contributed by atoms with E-state index in [0.717, 1.165) is 77.7 Å². The Hall–Kier alpha value is -1.83. The van der Waals surface area contributed by atoms with Crippen LogP contribution in [0.1, 0.15) is 37.1 Å². The van der Waals surface area contributed by atoms with Crippen molar-refractivity contribution in [3.05, 3.63) is 65.5 Å². The Labute approximate surface area is 189 Å². The summed E-state index contributed by atoms with van der Waals surface area (Å²) >= 11 is 0. The lowest BCUT2D eigenvalue weighted by atomic mass is 10.1. The third kappa shape index (κ3) is 10.8. The molecular weight excluding hydrogens is 384 g/mol. The van der Waals surface area contributed by atoms with Gasteiger partial charge in [-0.05, 0) is 62.3 Å². The molecule has 1 aromatic heterocycles. The molecule has 1 fully saturated rings. The van der Waals surface area contributed by atoms with E-state index in [1.54, 1.807) is 0 Å². The molecule has 172 valence electrons. The number of nitrogens with zero attached hydrogens (tertiary/aromatic N) is 2. The number of benzene rings is 1. The van der Waals surface area contributed by atoms with E-state index >= 15 is 0 Å². The third-order valence-electron chi connectivity index (χ3n) is 5.41. The molecule has 6 heteroatoms. The summed E-state index contributed by atoms with van der Waals surface area (Å²) in [5, 5.41) is 14.1. The molecule has 3 rings (SSSR count). The van der Waals surface area contributed by atoms with Crippen LogP contribution in [0.5, 0.6) is 0 Å². The van der Waals surface area contributed by atoms with E-state index < -0.39 is 0 Å². The summed E-state index contributed by atoms with van der Waals surface area (Å²) in [5.41, 5.74) is 3.78. The Morgan fingerprint density at radius 1 is 0.742 bits per heavy atom. The van der Waals surface area contributed by atoms with E-state index in [4.69, 9.17) is 0 Å². The largest absolute Gasteiger partial charge is 0.315 e.